The van der Waals surface area contributed by atoms with Crippen LogP contribution in [0, 0.1) is 5.92 Å². The van der Waals surface area contributed by atoms with Gasteiger partial charge in [0, 0.05) is 25.1 Å². The van der Waals surface area contributed by atoms with Gasteiger partial charge in [-0.05, 0) is 26.7 Å². The average molecular weight is 326 g/mol. The SMILES string of the molecule is CCO[C@@H](C)c1nc(CC(=O)N2CCC[C@@H](C(=O)O)C2)cs1. The van der Waals surface area contributed by atoms with E-state index in [9.17, 15) is 9.59 Å². The summed E-state index contributed by atoms with van der Waals surface area (Å²) in [6, 6.07) is 0. The Hall–Kier alpha value is -1.47. The van der Waals surface area contributed by atoms with Crippen LogP contribution in [0.15, 0.2) is 5.38 Å². The zero-order chi connectivity index (χ0) is 16.1. The average Bonchev–Trinajstić information content (AvgIpc) is 2.96. The first-order valence-electron chi connectivity index (χ1n) is 7.57. The summed E-state index contributed by atoms with van der Waals surface area (Å²) in [5, 5.41) is 11.8. The lowest BCUT2D eigenvalue weighted by Gasteiger charge is -2.30. The van der Waals surface area contributed by atoms with Gasteiger partial charge < -0.3 is 14.7 Å². The van der Waals surface area contributed by atoms with E-state index in [1.54, 1.807) is 4.90 Å². The third-order valence-corrected chi connectivity index (χ3v) is 4.84. The first-order chi connectivity index (χ1) is 10.5. The number of aliphatic carboxylic acids is 1. The number of ether oxygens (including phenoxy) is 1. The molecular formula is C15H22N2O4S. The van der Waals surface area contributed by atoms with Crippen LogP contribution in [0.2, 0.25) is 0 Å². The molecular weight excluding hydrogens is 304 g/mol. The number of carboxylic acid groups (broad SMARTS) is 1. The molecule has 2 rings (SSSR count). The maximum Gasteiger partial charge on any atom is 0.308 e. The summed E-state index contributed by atoms with van der Waals surface area (Å²) in [4.78, 5) is 29.5. The number of likely N-dealkylation sites (tertiary alicyclic amines) is 1. The van der Waals surface area contributed by atoms with Gasteiger partial charge in [-0.15, -0.1) is 11.3 Å². The van der Waals surface area contributed by atoms with Gasteiger partial charge >= 0.3 is 5.97 Å². The standard InChI is InChI=1S/C15H22N2O4S/c1-3-21-10(2)14-16-12(9-22-14)7-13(18)17-6-4-5-11(8-17)15(19)20/h9-11H,3-8H2,1-2H3,(H,19,20)/t10-,11+/m0/s1. The molecule has 1 amide bonds. The van der Waals surface area contributed by atoms with E-state index in [-0.39, 0.29) is 18.4 Å². The van der Waals surface area contributed by atoms with E-state index >= 15 is 0 Å². The fourth-order valence-corrected chi connectivity index (χ4v) is 3.41. The lowest BCUT2D eigenvalue weighted by molar-refractivity contribution is -0.145. The number of amides is 1. The van der Waals surface area contributed by atoms with Crippen molar-refractivity contribution in [2.24, 2.45) is 5.92 Å². The van der Waals surface area contributed by atoms with Gasteiger partial charge in [0.2, 0.25) is 5.91 Å². The van der Waals surface area contributed by atoms with Gasteiger partial charge in [-0.3, -0.25) is 9.59 Å². The lowest BCUT2D eigenvalue weighted by Crippen LogP contribution is -2.43. The van der Waals surface area contributed by atoms with Crippen LogP contribution in [0.4, 0.5) is 0 Å². The Kier molecular flexibility index (Phi) is 5.90. The smallest absolute Gasteiger partial charge is 0.308 e. The predicted octanol–water partition coefficient (Wildman–Crippen LogP) is 2.11. The topological polar surface area (TPSA) is 79.7 Å². The summed E-state index contributed by atoms with van der Waals surface area (Å²) in [6.45, 7) is 5.44. The summed E-state index contributed by atoms with van der Waals surface area (Å²) in [5.41, 5.74) is 0.731. The molecule has 1 aliphatic heterocycles. The third kappa shape index (κ3) is 4.27. The fourth-order valence-electron chi connectivity index (χ4n) is 2.58. The molecule has 0 radical (unpaired) electrons. The van der Waals surface area contributed by atoms with E-state index < -0.39 is 11.9 Å². The van der Waals surface area contributed by atoms with E-state index in [0.717, 1.165) is 17.1 Å². The van der Waals surface area contributed by atoms with Gasteiger partial charge in [0.25, 0.3) is 0 Å². The molecule has 0 bridgehead atoms. The van der Waals surface area contributed by atoms with Crippen LogP contribution in [-0.2, 0) is 20.7 Å². The number of nitrogens with zero attached hydrogens (tertiary/aromatic N) is 2. The Morgan fingerprint density at radius 3 is 3.05 bits per heavy atom. The van der Waals surface area contributed by atoms with Crippen molar-refractivity contribution in [1.29, 1.82) is 0 Å². The van der Waals surface area contributed by atoms with E-state index in [1.165, 1.54) is 11.3 Å². The molecule has 1 aromatic heterocycles. The molecule has 1 N–H and O–H groups in total. The number of rotatable bonds is 6. The van der Waals surface area contributed by atoms with Gasteiger partial charge in [-0.25, -0.2) is 4.98 Å². The maximum atomic E-state index is 12.3. The van der Waals surface area contributed by atoms with Crippen molar-refractivity contribution >= 4 is 23.2 Å². The van der Waals surface area contributed by atoms with E-state index in [0.29, 0.717) is 26.1 Å². The number of carbonyl (C=O) groups is 2. The van der Waals surface area contributed by atoms with Crippen molar-refractivity contribution in [3.8, 4) is 0 Å². The normalized spacial score (nSPS) is 19.9. The van der Waals surface area contributed by atoms with Crippen LogP contribution in [0.1, 0.15) is 43.5 Å². The van der Waals surface area contributed by atoms with Gasteiger partial charge in [-0.2, -0.15) is 0 Å². The zero-order valence-corrected chi connectivity index (χ0v) is 13.8. The van der Waals surface area contributed by atoms with Crippen molar-refractivity contribution in [3.05, 3.63) is 16.1 Å². The van der Waals surface area contributed by atoms with Crippen LogP contribution in [0.25, 0.3) is 0 Å². The van der Waals surface area contributed by atoms with Crippen molar-refractivity contribution < 1.29 is 19.4 Å². The van der Waals surface area contributed by atoms with Gasteiger partial charge in [-0.1, -0.05) is 0 Å². The fraction of sp³-hybridized carbons (Fsp3) is 0.667. The Labute approximate surface area is 134 Å². The second-order valence-electron chi connectivity index (χ2n) is 5.47. The van der Waals surface area contributed by atoms with Crippen molar-refractivity contribution in [2.75, 3.05) is 19.7 Å². The molecule has 22 heavy (non-hydrogen) atoms. The Morgan fingerprint density at radius 1 is 1.59 bits per heavy atom. The molecule has 1 aromatic rings. The second-order valence-corrected chi connectivity index (χ2v) is 6.36. The molecule has 7 heteroatoms. The number of thiazole rings is 1. The van der Waals surface area contributed by atoms with Crippen LogP contribution < -0.4 is 0 Å². The summed E-state index contributed by atoms with van der Waals surface area (Å²) in [6.07, 6.45) is 1.55. The molecule has 6 nitrogen and oxygen atoms in total. The molecule has 2 atom stereocenters. The van der Waals surface area contributed by atoms with E-state index in [1.807, 2.05) is 19.2 Å². The molecule has 1 fully saturated rings. The number of carboxylic acids is 1. The maximum absolute atomic E-state index is 12.3. The molecule has 122 valence electrons. The minimum absolute atomic E-state index is 0.0492. The molecule has 0 unspecified atom stereocenters. The molecule has 0 aliphatic carbocycles. The molecule has 0 saturated carbocycles. The lowest BCUT2D eigenvalue weighted by atomic mass is 9.98. The van der Waals surface area contributed by atoms with E-state index in [4.69, 9.17) is 9.84 Å². The van der Waals surface area contributed by atoms with Crippen LogP contribution in [0.5, 0.6) is 0 Å². The van der Waals surface area contributed by atoms with Crippen molar-refractivity contribution in [1.82, 2.24) is 9.88 Å². The predicted molar refractivity (Wildman–Crippen MR) is 82.8 cm³/mol. The quantitative estimate of drug-likeness (QED) is 0.866. The van der Waals surface area contributed by atoms with Gasteiger partial charge in [0.1, 0.15) is 11.1 Å². The molecule has 1 saturated heterocycles. The summed E-state index contributed by atoms with van der Waals surface area (Å²) in [7, 11) is 0. The third-order valence-electron chi connectivity index (χ3n) is 3.79. The summed E-state index contributed by atoms with van der Waals surface area (Å²) >= 11 is 1.49. The Balaban J connectivity index is 1.93. The van der Waals surface area contributed by atoms with E-state index in [2.05, 4.69) is 4.98 Å². The summed E-state index contributed by atoms with van der Waals surface area (Å²) in [5.74, 6) is -1.31. The number of piperidine rings is 1. The minimum atomic E-state index is -0.820. The number of hydrogen-bond acceptors (Lipinski definition) is 5. The monoisotopic (exact) mass is 326 g/mol. The summed E-state index contributed by atoms with van der Waals surface area (Å²) < 4.78 is 5.49. The highest BCUT2D eigenvalue weighted by molar-refractivity contribution is 7.09. The Bertz CT molecular complexity index is 531. The first-order valence-corrected chi connectivity index (χ1v) is 8.45. The Morgan fingerprint density at radius 2 is 2.36 bits per heavy atom. The highest BCUT2D eigenvalue weighted by atomic mass is 32.1. The number of aromatic nitrogens is 1. The largest absolute Gasteiger partial charge is 0.481 e. The van der Waals surface area contributed by atoms with Gasteiger partial charge in [0.05, 0.1) is 18.0 Å². The van der Waals surface area contributed by atoms with Crippen molar-refractivity contribution in [3.63, 3.8) is 0 Å². The zero-order valence-electron chi connectivity index (χ0n) is 12.9. The molecule has 0 aromatic carbocycles. The molecule has 2 heterocycles. The van der Waals surface area contributed by atoms with Crippen LogP contribution >= 0.6 is 11.3 Å². The van der Waals surface area contributed by atoms with Crippen LogP contribution in [0.3, 0.4) is 0 Å². The number of carbonyl (C=O) groups excluding carboxylic acids is 1. The molecule has 1 aliphatic rings. The minimum Gasteiger partial charge on any atom is -0.481 e. The first kappa shape index (κ1) is 16.9. The highest BCUT2D eigenvalue weighted by Gasteiger charge is 2.28. The number of hydrogen-bond donors (Lipinski definition) is 1. The second kappa shape index (κ2) is 7.69. The highest BCUT2D eigenvalue weighted by Crippen LogP contribution is 2.22. The van der Waals surface area contributed by atoms with Crippen molar-refractivity contribution in [2.45, 2.75) is 39.2 Å². The van der Waals surface area contributed by atoms with Gasteiger partial charge in [0.15, 0.2) is 0 Å². The van der Waals surface area contributed by atoms with Crippen LogP contribution in [-0.4, -0.2) is 46.6 Å². The molecule has 0 spiro atoms.